The van der Waals surface area contributed by atoms with Gasteiger partial charge in [-0.25, -0.2) is 0 Å². The Hall–Kier alpha value is -1.20. The van der Waals surface area contributed by atoms with Crippen LogP contribution in [0.5, 0.6) is 0 Å². The molecule has 14 heavy (non-hydrogen) atoms. The SMILES string of the molecule is C/C(=C\c1ccc([N+](=O)[O-])s1)C(C)N. The van der Waals surface area contributed by atoms with Crippen molar-refractivity contribution >= 4 is 22.4 Å². The smallest absolute Gasteiger partial charge is 0.324 e. The van der Waals surface area contributed by atoms with Crippen molar-refractivity contribution in [2.75, 3.05) is 0 Å². The van der Waals surface area contributed by atoms with Gasteiger partial charge in [-0.15, -0.1) is 0 Å². The molecule has 1 unspecified atom stereocenters. The number of rotatable bonds is 3. The van der Waals surface area contributed by atoms with E-state index in [0.717, 1.165) is 21.8 Å². The van der Waals surface area contributed by atoms with Crippen LogP contribution in [0.2, 0.25) is 0 Å². The third-order valence-electron chi connectivity index (χ3n) is 1.88. The van der Waals surface area contributed by atoms with E-state index in [-0.39, 0.29) is 16.0 Å². The predicted molar refractivity (Wildman–Crippen MR) is 58.3 cm³/mol. The van der Waals surface area contributed by atoms with Crippen LogP contribution in [-0.4, -0.2) is 11.0 Å². The molecule has 1 atom stereocenters. The molecule has 1 aromatic rings. The first-order valence-corrected chi connectivity index (χ1v) is 5.00. The van der Waals surface area contributed by atoms with Crippen LogP contribution in [0.25, 0.3) is 6.08 Å². The Balaban J connectivity index is 2.88. The molecular formula is C9H12N2O2S. The highest BCUT2D eigenvalue weighted by molar-refractivity contribution is 7.16. The van der Waals surface area contributed by atoms with Gasteiger partial charge in [-0.1, -0.05) is 16.9 Å². The lowest BCUT2D eigenvalue weighted by Gasteiger charge is -2.02. The van der Waals surface area contributed by atoms with Crippen molar-refractivity contribution in [3.8, 4) is 0 Å². The first-order valence-electron chi connectivity index (χ1n) is 4.18. The average Bonchev–Trinajstić information content (AvgIpc) is 2.52. The van der Waals surface area contributed by atoms with Gasteiger partial charge in [0.2, 0.25) is 0 Å². The second kappa shape index (κ2) is 4.34. The van der Waals surface area contributed by atoms with Gasteiger partial charge < -0.3 is 5.73 Å². The van der Waals surface area contributed by atoms with Gasteiger partial charge in [-0.3, -0.25) is 10.1 Å². The van der Waals surface area contributed by atoms with Crippen molar-refractivity contribution in [1.82, 2.24) is 0 Å². The maximum atomic E-state index is 10.4. The maximum Gasteiger partial charge on any atom is 0.324 e. The van der Waals surface area contributed by atoms with E-state index in [2.05, 4.69) is 0 Å². The van der Waals surface area contributed by atoms with Crippen molar-refractivity contribution in [2.45, 2.75) is 19.9 Å². The zero-order valence-electron chi connectivity index (χ0n) is 8.06. The van der Waals surface area contributed by atoms with E-state index in [4.69, 9.17) is 5.73 Å². The lowest BCUT2D eigenvalue weighted by Crippen LogP contribution is -2.15. The third kappa shape index (κ3) is 2.65. The molecule has 1 rings (SSSR count). The van der Waals surface area contributed by atoms with Crippen LogP contribution in [0.4, 0.5) is 5.00 Å². The molecule has 0 saturated carbocycles. The van der Waals surface area contributed by atoms with E-state index in [0.29, 0.717) is 0 Å². The summed E-state index contributed by atoms with van der Waals surface area (Å²) in [5.41, 5.74) is 6.67. The quantitative estimate of drug-likeness (QED) is 0.617. The number of thiophene rings is 1. The highest BCUT2D eigenvalue weighted by Crippen LogP contribution is 2.25. The summed E-state index contributed by atoms with van der Waals surface area (Å²) in [6.07, 6.45) is 1.88. The van der Waals surface area contributed by atoms with Crippen LogP contribution < -0.4 is 5.73 Å². The predicted octanol–water partition coefficient (Wildman–Crippen LogP) is 2.41. The molecule has 0 bridgehead atoms. The molecule has 0 aliphatic carbocycles. The summed E-state index contributed by atoms with van der Waals surface area (Å²) in [4.78, 5) is 10.9. The summed E-state index contributed by atoms with van der Waals surface area (Å²) < 4.78 is 0. The Labute approximate surface area is 86.2 Å². The lowest BCUT2D eigenvalue weighted by molar-refractivity contribution is -0.380. The Morgan fingerprint density at radius 1 is 1.71 bits per heavy atom. The van der Waals surface area contributed by atoms with Crippen molar-refractivity contribution < 1.29 is 4.92 Å². The van der Waals surface area contributed by atoms with Gasteiger partial charge in [0.1, 0.15) is 0 Å². The number of hydrogen-bond donors (Lipinski definition) is 1. The fourth-order valence-electron chi connectivity index (χ4n) is 0.874. The standard InChI is InChI=1S/C9H12N2O2S/c1-6(7(2)10)5-8-3-4-9(14-8)11(12)13/h3-5,7H,10H2,1-2H3/b6-5+. The molecule has 5 heteroatoms. The molecule has 4 nitrogen and oxygen atoms in total. The third-order valence-corrected chi connectivity index (χ3v) is 2.86. The molecule has 0 fully saturated rings. The van der Waals surface area contributed by atoms with Crippen LogP contribution in [0.1, 0.15) is 18.7 Å². The summed E-state index contributed by atoms with van der Waals surface area (Å²) in [5, 5.41) is 10.6. The summed E-state index contributed by atoms with van der Waals surface area (Å²) in [5.74, 6) is 0. The molecule has 1 heterocycles. The van der Waals surface area contributed by atoms with Crippen molar-refractivity contribution in [3.05, 3.63) is 32.7 Å². The maximum absolute atomic E-state index is 10.4. The molecule has 0 radical (unpaired) electrons. The summed E-state index contributed by atoms with van der Waals surface area (Å²) in [6, 6.07) is 3.22. The molecule has 2 N–H and O–H groups in total. The van der Waals surface area contributed by atoms with Crippen molar-refractivity contribution in [3.63, 3.8) is 0 Å². The Morgan fingerprint density at radius 3 is 2.79 bits per heavy atom. The number of nitro groups is 1. The normalized spacial score (nSPS) is 14.1. The van der Waals surface area contributed by atoms with Crippen LogP contribution in [0.3, 0.4) is 0 Å². The van der Waals surface area contributed by atoms with Gasteiger partial charge in [-0.2, -0.15) is 0 Å². The highest BCUT2D eigenvalue weighted by atomic mass is 32.1. The molecule has 0 amide bonds. The van der Waals surface area contributed by atoms with Crippen molar-refractivity contribution in [1.29, 1.82) is 0 Å². The first-order chi connectivity index (χ1) is 6.50. The molecule has 0 aromatic carbocycles. The molecular weight excluding hydrogens is 200 g/mol. The Bertz CT molecular complexity index is 369. The number of hydrogen-bond acceptors (Lipinski definition) is 4. The minimum absolute atomic E-state index is 0.0174. The topological polar surface area (TPSA) is 69.2 Å². The molecule has 0 aliphatic heterocycles. The van der Waals surface area contributed by atoms with Crippen LogP contribution in [0, 0.1) is 10.1 Å². The highest BCUT2D eigenvalue weighted by Gasteiger charge is 2.08. The van der Waals surface area contributed by atoms with Gasteiger partial charge in [0, 0.05) is 17.0 Å². The van der Waals surface area contributed by atoms with Gasteiger partial charge in [0.25, 0.3) is 0 Å². The van der Waals surface area contributed by atoms with Gasteiger partial charge in [0.15, 0.2) is 0 Å². The zero-order valence-corrected chi connectivity index (χ0v) is 8.88. The Morgan fingerprint density at radius 2 is 2.36 bits per heavy atom. The van der Waals surface area contributed by atoms with Gasteiger partial charge in [-0.05, 0) is 26.0 Å². The summed E-state index contributed by atoms with van der Waals surface area (Å²) in [7, 11) is 0. The fraction of sp³-hybridized carbons (Fsp3) is 0.333. The Kier molecular flexibility index (Phi) is 3.38. The van der Waals surface area contributed by atoms with Crippen LogP contribution in [0.15, 0.2) is 17.7 Å². The summed E-state index contributed by atoms with van der Waals surface area (Å²) >= 11 is 1.16. The molecule has 0 spiro atoms. The van der Waals surface area contributed by atoms with E-state index in [1.54, 1.807) is 6.07 Å². The van der Waals surface area contributed by atoms with E-state index < -0.39 is 0 Å². The minimum atomic E-state index is -0.386. The second-order valence-electron chi connectivity index (χ2n) is 3.11. The largest absolute Gasteiger partial charge is 0.324 e. The minimum Gasteiger partial charge on any atom is -0.324 e. The van der Waals surface area contributed by atoms with E-state index in [1.165, 1.54) is 6.07 Å². The second-order valence-corrected chi connectivity index (χ2v) is 4.20. The average molecular weight is 212 g/mol. The molecule has 76 valence electrons. The monoisotopic (exact) mass is 212 g/mol. The zero-order chi connectivity index (χ0) is 10.7. The van der Waals surface area contributed by atoms with Gasteiger partial charge in [0.05, 0.1) is 4.92 Å². The number of nitrogens with zero attached hydrogens (tertiary/aromatic N) is 1. The van der Waals surface area contributed by atoms with Crippen LogP contribution in [-0.2, 0) is 0 Å². The lowest BCUT2D eigenvalue weighted by atomic mass is 10.1. The van der Waals surface area contributed by atoms with Gasteiger partial charge >= 0.3 is 5.00 Å². The summed E-state index contributed by atoms with van der Waals surface area (Å²) in [6.45, 7) is 3.80. The molecule has 0 saturated heterocycles. The fourth-order valence-corrected chi connectivity index (χ4v) is 1.71. The molecule has 1 aromatic heterocycles. The van der Waals surface area contributed by atoms with E-state index >= 15 is 0 Å². The van der Waals surface area contributed by atoms with Crippen LogP contribution >= 0.6 is 11.3 Å². The number of nitrogens with two attached hydrogens (primary N) is 1. The first kappa shape index (κ1) is 10.9. The van der Waals surface area contributed by atoms with E-state index in [1.807, 2.05) is 19.9 Å². The van der Waals surface area contributed by atoms with Crippen molar-refractivity contribution in [2.24, 2.45) is 5.73 Å². The molecule has 0 aliphatic rings. The van der Waals surface area contributed by atoms with E-state index in [9.17, 15) is 10.1 Å².